The van der Waals surface area contributed by atoms with Crippen LogP contribution in [-0.2, 0) is 17.8 Å². The first-order chi connectivity index (χ1) is 12.5. The van der Waals surface area contributed by atoms with Crippen molar-refractivity contribution in [2.45, 2.75) is 19.0 Å². The molecule has 3 rings (SSSR count). The normalized spacial score (nSPS) is 17.3. The predicted molar refractivity (Wildman–Crippen MR) is 102 cm³/mol. The van der Waals surface area contributed by atoms with Crippen molar-refractivity contribution in [3.63, 3.8) is 0 Å². The van der Waals surface area contributed by atoms with Crippen molar-refractivity contribution in [3.8, 4) is 0 Å². The Morgan fingerprint density at radius 2 is 1.85 bits per heavy atom. The number of carbonyl (C=O) groups excluding carboxylic acids is 2. The molecule has 2 aromatic carbocycles. The smallest absolute Gasteiger partial charge is 0.254 e. The van der Waals surface area contributed by atoms with Crippen LogP contribution in [0.4, 0.5) is 0 Å². The third kappa shape index (κ3) is 4.29. The summed E-state index contributed by atoms with van der Waals surface area (Å²) in [5.74, 6) is -0.167. The molecule has 0 aromatic heterocycles. The lowest BCUT2D eigenvalue weighted by Crippen LogP contribution is -2.58. The molecule has 1 aliphatic heterocycles. The van der Waals surface area contributed by atoms with Gasteiger partial charge in [0, 0.05) is 31.6 Å². The van der Waals surface area contributed by atoms with E-state index in [1.54, 1.807) is 4.90 Å². The van der Waals surface area contributed by atoms with Gasteiger partial charge in [-0.05, 0) is 37.4 Å². The molecule has 26 heavy (non-hydrogen) atoms. The predicted octanol–water partition coefficient (Wildman–Crippen LogP) is 1.93. The molecule has 5 nitrogen and oxygen atoms in total. The fourth-order valence-corrected chi connectivity index (χ4v) is 3.33. The van der Waals surface area contributed by atoms with Crippen molar-refractivity contribution in [1.29, 1.82) is 0 Å². The SMILES string of the molecule is CN(C)Cc1cccc(C(=O)N2CCNC(=O)C2Cc2ccccc2)c1. The first kappa shape index (κ1) is 18.1. The van der Waals surface area contributed by atoms with E-state index in [9.17, 15) is 9.59 Å². The number of rotatable bonds is 5. The Morgan fingerprint density at radius 3 is 2.58 bits per heavy atom. The number of piperazine rings is 1. The standard InChI is InChI=1S/C21H25N3O2/c1-23(2)15-17-9-6-10-18(13-17)21(26)24-12-11-22-20(25)19(24)14-16-7-4-3-5-8-16/h3-10,13,19H,11-12,14-15H2,1-2H3,(H,22,25). The van der Waals surface area contributed by atoms with Gasteiger partial charge in [-0.15, -0.1) is 0 Å². The Morgan fingerprint density at radius 1 is 1.12 bits per heavy atom. The van der Waals surface area contributed by atoms with Gasteiger partial charge in [-0.25, -0.2) is 0 Å². The summed E-state index contributed by atoms with van der Waals surface area (Å²) in [6, 6.07) is 17.0. The molecule has 1 fully saturated rings. The fourth-order valence-electron chi connectivity index (χ4n) is 3.33. The molecular formula is C21H25N3O2. The zero-order chi connectivity index (χ0) is 18.5. The van der Waals surface area contributed by atoms with Crippen molar-refractivity contribution >= 4 is 11.8 Å². The molecule has 0 saturated carbocycles. The van der Waals surface area contributed by atoms with E-state index in [0.29, 0.717) is 25.1 Å². The van der Waals surface area contributed by atoms with Crippen LogP contribution in [-0.4, -0.2) is 54.8 Å². The maximum absolute atomic E-state index is 13.1. The molecule has 1 atom stereocenters. The number of carbonyl (C=O) groups is 2. The van der Waals surface area contributed by atoms with Crippen molar-refractivity contribution in [2.75, 3.05) is 27.2 Å². The molecule has 1 heterocycles. The van der Waals surface area contributed by atoms with Gasteiger partial charge in [-0.3, -0.25) is 9.59 Å². The van der Waals surface area contributed by atoms with E-state index in [4.69, 9.17) is 0 Å². The Hall–Kier alpha value is -2.66. The second-order valence-electron chi connectivity index (χ2n) is 6.93. The summed E-state index contributed by atoms with van der Waals surface area (Å²) in [5, 5.41) is 2.89. The van der Waals surface area contributed by atoms with Gasteiger partial charge in [-0.1, -0.05) is 42.5 Å². The summed E-state index contributed by atoms with van der Waals surface area (Å²) in [5.41, 5.74) is 2.77. The van der Waals surface area contributed by atoms with Crippen molar-refractivity contribution in [2.24, 2.45) is 0 Å². The zero-order valence-electron chi connectivity index (χ0n) is 15.3. The van der Waals surface area contributed by atoms with Gasteiger partial charge in [0.05, 0.1) is 0 Å². The summed E-state index contributed by atoms with van der Waals surface area (Å²) in [6.45, 7) is 1.79. The van der Waals surface area contributed by atoms with Gasteiger partial charge in [-0.2, -0.15) is 0 Å². The first-order valence-corrected chi connectivity index (χ1v) is 8.91. The molecule has 1 saturated heterocycles. The zero-order valence-corrected chi connectivity index (χ0v) is 15.3. The quantitative estimate of drug-likeness (QED) is 0.896. The van der Waals surface area contributed by atoms with Gasteiger partial charge in [0.25, 0.3) is 5.91 Å². The van der Waals surface area contributed by atoms with Crippen LogP contribution in [0.25, 0.3) is 0 Å². The molecule has 0 bridgehead atoms. The molecule has 2 amide bonds. The molecular weight excluding hydrogens is 326 g/mol. The summed E-state index contributed by atoms with van der Waals surface area (Å²) in [4.78, 5) is 29.3. The van der Waals surface area contributed by atoms with Crippen molar-refractivity contribution in [3.05, 3.63) is 71.3 Å². The number of nitrogens with zero attached hydrogens (tertiary/aromatic N) is 2. The fraction of sp³-hybridized carbons (Fsp3) is 0.333. The molecule has 0 spiro atoms. The van der Waals surface area contributed by atoms with Crippen LogP contribution in [0.15, 0.2) is 54.6 Å². The molecule has 1 N–H and O–H groups in total. The van der Waals surface area contributed by atoms with E-state index >= 15 is 0 Å². The average molecular weight is 351 g/mol. The molecule has 1 unspecified atom stereocenters. The van der Waals surface area contributed by atoms with Crippen molar-refractivity contribution < 1.29 is 9.59 Å². The van der Waals surface area contributed by atoms with E-state index in [0.717, 1.165) is 17.7 Å². The lowest BCUT2D eigenvalue weighted by molar-refractivity contribution is -0.127. The van der Waals surface area contributed by atoms with Gasteiger partial charge in [0.2, 0.25) is 5.91 Å². The highest BCUT2D eigenvalue weighted by Gasteiger charge is 2.33. The van der Waals surface area contributed by atoms with Crippen LogP contribution in [0.2, 0.25) is 0 Å². The van der Waals surface area contributed by atoms with Crippen LogP contribution in [0.3, 0.4) is 0 Å². The van der Waals surface area contributed by atoms with Gasteiger partial charge < -0.3 is 15.1 Å². The van der Waals surface area contributed by atoms with Crippen LogP contribution in [0.5, 0.6) is 0 Å². The summed E-state index contributed by atoms with van der Waals surface area (Å²) in [6.07, 6.45) is 0.524. The van der Waals surface area contributed by atoms with Crippen LogP contribution in [0, 0.1) is 0 Å². The third-order valence-corrected chi connectivity index (χ3v) is 4.54. The Bertz CT molecular complexity index is 774. The lowest BCUT2D eigenvalue weighted by atomic mass is 10.0. The van der Waals surface area contributed by atoms with E-state index in [2.05, 4.69) is 10.2 Å². The average Bonchev–Trinajstić information content (AvgIpc) is 2.63. The maximum atomic E-state index is 13.1. The number of hydrogen-bond acceptors (Lipinski definition) is 3. The van der Waals surface area contributed by atoms with Crippen LogP contribution < -0.4 is 5.32 Å². The van der Waals surface area contributed by atoms with E-state index in [-0.39, 0.29) is 11.8 Å². The highest BCUT2D eigenvalue weighted by Crippen LogP contribution is 2.17. The molecule has 0 aliphatic carbocycles. The van der Waals surface area contributed by atoms with Gasteiger partial charge in [0.15, 0.2) is 0 Å². The monoisotopic (exact) mass is 351 g/mol. The number of amides is 2. The second-order valence-corrected chi connectivity index (χ2v) is 6.93. The van der Waals surface area contributed by atoms with Crippen LogP contribution >= 0.6 is 0 Å². The topological polar surface area (TPSA) is 52.7 Å². The van der Waals surface area contributed by atoms with E-state index in [1.165, 1.54) is 0 Å². The third-order valence-electron chi connectivity index (χ3n) is 4.54. The van der Waals surface area contributed by atoms with E-state index < -0.39 is 6.04 Å². The first-order valence-electron chi connectivity index (χ1n) is 8.91. The molecule has 0 radical (unpaired) electrons. The second kappa shape index (κ2) is 8.15. The van der Waals surface area contributed by atoms with E-state index in [1.807, 2.05) is 68.7 Å². The maximum Gasteiger partial charge on any atom is 0.254 e. The molecule has 2 aromatic rings. The highest BCUT2D eigenvalue weighted by atomic mass is 16.2. The van der Waals surface area contributed by atoms with Gasteiger partial charge >= 0.3 is 0 Å². The number of hydrogen-bond donors (Lipinski definition) is 1. The Labute approximate surface area is 154 Å². The minimum atomic E-state index is -0.476. The molecule has 1 aliphatic rings. The number of benzene rings is 2. The van der Waals surface area contributed by atoms with Gasteiger partial charge in [0.1, 0.15) is 6.04 Å². The minimum absolute atomic E-state index is 0.0820. The largest absolute Gasteiger partial charge is 0.353 e. The molecule has 5 heteroatoms. The molecule has 136 valence electrons. The minimum Gasteiger partial charge on any atom is -0.353 e. The van der Waals surface area contributed by atoms with Crippen LogP contribution in [0.1, 0.15) is 21.5 Å². The summed E-state index contributed by atoms with van der Waals surface area (Å²) in [7, 11) is 4.00. The Balaban J connectivity index is 1.82. The highest BCUT2D eigenvalue weighted by molar-refractivity contribution is 5.98. The Kier molecular flexibility index (Phi) is 5.68. The summed E-state index contributed by atoms with van der Waals surface area (Å²) < 4.78 is 0. The van der Waals surface area contributed by atoms with Crippen molar-refractivity contribution in [1.82, 2.24) is 15.1 Å². The lowest BCUT2D eigenvalue weighted by Gasteiger charge is -2.35. The summed E-state index contributed by atoms with van der Waals surface area (Å²) >= 11 is 0. The number of nitrogens with one attached hydrogen (secondary N) is 1.